The van der Waals surface area contributed by atoms with Crippen molar-refractivity contribution in [2.24, 2.45) is 0 Å². The van der Waals surface area contributed by atoms with E-state index in [1.807, 2.05) is 31.2 Å². The maximum absolute atomic E-state index is 13.5. The Morgan fingerprint density at radius 2 is 1.90 bits per heavy atom. The molecule has 8 nitrogen and oxygen atoms in total. The molecule has 1 aromatic heterocycles. The summed E-state index contributed by atoms with van der Waals surface area (Å²) in [6, 6.07) is 15.6. The van der Waals surface area contributed by atoms with Crippen molar-refractivity contribution in [1.82, 2.24) is 14.9 Å². The van der Waals surface area contributed by atoms with Crippen LogP contribution in [0.2, 0.25) is 0 Å². The normalized spacial score (nSPS) is 16.2. The number of rotatable bonds is 7. The number of anilines is 2. The first-order valence-electron chi connectivity index (χ1n) is 13.4. The van der Waals surface area contributed by atoms with Gasteiger partial charge in [-0.3, -0.25) is 4.79 Å². The number of nitrogens with zero attached hydrogens (tertiary/aromatic N) is 3. The molecule has 6 rings (SSSR count). The summed E-state index contributed by atoms with van der Waals surface area (Å²) >= 11 is 0. The van der Waals surface area contributed by atoms with Gasteiger partial charge < -0.3 is 25.0 Å². The lowest BCUT2D eigenvalue weighted by Gasteiger charge is -2.26. The van der Waals surface area contributed by atoms with Crippen LogP contribution in [0.25, 0.3) is 22.0 Å². The number of hydrogen-bond acceptors (Lipinski definition) is 7. The van der Waals surface area contributed by atoms with E-state index in [1.54, 1.807) is 18.3 Å². The summed E-state index contributed by atoms with van der Waals surface area (Å²) in [7, 11) is 0. The Hall–Kier alpha value is -4.31. The number of likely N-dealkylation sites (tertiary alicyclic amines) is 1. The number of halogens is 2. The van der Waals surface area contributed by atoms with Gasteiger partial charge in [0.25, 0.3) is 5.91 Å². The molecule has 0 spiro atoms. The molecule has 206 valence electrons. The summed E-state index contributed by atoms with van der Waals surface area (Å²) in [4.78, 5) is 24.7. The van der Waals surface area contributed by atoms with Crippen molar-refractivity contribution in [3.8, 4) is 22.6 Å². The van der Waals surface area contributed by atoms with Crippen LogP contribution >= 0.6 is 0 Å². The first-order chi connectivity index (χ1) is 19.3. The molecule has 40 heavy (non-hydrogen) atoms. The zero-order valence-corrected chi connectivity index (χ0v) is 22.0. The van der Waals surface area contributed by atoms with Crippen LogP contribution in [-0.4, -0.2) is 53.2 Å². The molecule has 3 aromatic carbocycles. The molecular formula is C30H29F2N5O3. The van der Waals surface area contributed by atoms with E-state index >= 15 is 0 Å². The maximum Gasteiger partial charge on any atom is 0.586 e. The fourth-order valence-corrected chi connectivity index (χ4v) is 5.13. The predicted octanol–water partition coefficient (Wildman–Crippen LogP) is 6.08. The van der Waals surface area contributed by atoms with Crippen molar-refractivity contribution < 1.29 is 23.0 Å². The van der Waals surface area contributed by atoms with Gasteiger partial charge in [-0.15, -0.1) is 8.78 Å². The molecular weight excluding hydrogens is 516 g/mol. The van der Waals surface area contributed by atoms with Gasteiger partial charge in [0.1, 0.15) is 0 Å². The van der Waals surface area contributed by atoms with Gasteiger partial charge >= 0.3 is 6.29 Å². The molecule has 0 bridgehead atoms. The molecule has 1 fully saturated rings. The Balaban J connectivity index is 1.17. The maximum atomic E-state index is 13.5. The van der Waals surface area contributed by atoms with Crippen molar-refractivity contribution in [3.05, 3.63) is 71.9 Å². The van der Waals surface area contributed by atoms with E-state index in [1.165, 1.54) is 37.5 Å². The second-order valence-electron chi connectivity index (χ2n) is 10.1. The highest BCUT2D eigenvalue weighted by molar-refractivity contribution is 6.06. The Labute approximate surface area is 230 Å². The van der Waals surface area contributed by atoms with Crippen LogP contribution in [0.5, 0.6) is 11.5 Å². The van der Waals surface area contributed by atoms with Gasteiger partial charge in [0.2, 0.25) is 5.95 Å². The number of piperidine rings is 1. The lowest BCUT2D eigenvalue weighted by molar-refractivity contribution is -0.286. The van der Waals surface area contributed by atoms with Gasteiger partial charge in [-0.2, -0.15) is 0 Å². The van der Waals surface area contributed by atoms with Gasteiger partial charge in [-0.25, -0.2) is 9.97 Å². The minimum absolute atomic E-state index is 0.102. The molecule has 0 aliphatic carbocycles. The molecule has 10 heteroatoms. The number of hydrogen-bond donors (Lipinski definition) is 2. The number of aryl methyl sites for hydroxylation is 1. The Kier molecular flexibility index (Phi) is 6.93. The zero-order valence-electron chi connectivity index (χ0n) is 22.0. The minimum atomic E-state index is -3.77. The van der Waals surface area contributed by atoms with E-state index in [9.17, 15) is 13.6 Å². The third-order valence-electron chi connectivity index (χ3n) is 7.23. The SMILES string of the molecule is Cc1ccc(C(=O)Nc2cccc3c2OC(F)(F)O3)cc1-c1ccc2nc(NCCN3CCCCC3)ncc2c1. The second kappa shape index (κ2) is 10.7. The summed E-state index contributed by atoms with van der Waals surface area (Å²) in [6.45, 7) is 6.04. The molecule has 2 aliphatic heterocycles. The van der Waals surface area contributed by atoms with Crippen LogP contribution in [0, 0.1) is 6.92 Å². The molecule has 1 amide bonds. The molecule has 2 aliphatic rings. The van der Waals surface area contributed by atoms with Gasteiger partial charge in [0.15, 0.2) is 11.5 Å². The first kappa shape index (κ1) is 25.9. The topological polar surface area (TPSA) is 88.6 Å². The van der Waals surface area contributed by atoms with Crippen molar-refractivity contribution in [2.45, 2.75) is 32.5 Å². The lowest BCUT2D eigenvalue weighted by Crippen LogP contribution is -2.33. The van der Waals surface area contributed by atoms with Crippen LogP contribution in [-0.2, 0) is 0 Å². The summed E-state index contributed by atoms with van der Waals surface area (Å²) in [6.07, 6.45) is 1.88. The van der Waals surface area contributed by atoms with Crippen LogP contribution in [0.4, 0.5) is 20.4 Å². The van der Waals surface area contributed by atoms with Crippen molar-refractivity contribution >= 4 is 28.4 Å². The van der Waals surface area contributed by atoms with Gasteiger partial charge in [0, 0.05) is 30.2 Å². The summed E-state index contributed by atoms with van der Waals surface area (Å²) < 4.78 is 36.2. The third-order valence-corrected chi connectivity index (χ3v) is 7.23. The average molecular weight is 546 g/mol. The molecule has 0 saturated carbocycles. The smallest absolute Gasteiger partial charge is 0.395 e. The van der Waals surface area contributed by atoms with Gasteiger partial charge in [0.05, 0.1) is 11.2 Å². The summed E-state index contributed by atoms with van der Waals surface area (Å²) in [5, 5.41) is 6.87. The summed E-state index contributed by atoms with van der Waals surface area (Å²) in [5.74, 6) is -0.196. The number of para-hydroxylation sites is 1. The molecule has 4 aromatic rings. The van der Waals surface area contributed by atoms with E-state index < -0.39 is 12.2 Å². The average Bonchev–Trinajstić information content (AvgIpc) is 3.28. The number of benzene rings is 3. The van der Waals surface area contributed by atoms with Gasteiger partial charge in [-0.1, -0.05) is 24.6 Å². The van der Waals surface area contributed by atoms with E-state index in [0.29, 0.717) is 11.5 Å². The zero-order chi connectivity index (χ0) is 27.7. The fourth-order valence-electron chi connectivity index (χ4n) is 5.13. The molecule has 1 saturated heterocycles. The highest BCUT2D eigenvalue weighted by Crippen LogP contribution is 2.45. The van der Waals surface area contributed by atoms with Crippen LogP contribution in [0.15, 0.2) is 60.8 Å². The molecule has 2 N–H and O–H groups in total. The molecule has 3 heterocycles. The quantitative estimate of drug-likeness (QED) is 0.291. The summed E-state index contributed by atoms with van der Waals surface area (Å²) in [5.41, 5.74) is 4.04. The van der Waals surface area contributed by atoms with Crippen molar-refractivity contribution in [1.29, 1.82) is 0 Å². The van der Waals surface area contributed by atoms with E-state index in [2.05, 4.69) is 35.0 Å². The van der Waals surface area contributed by atoms with Crippen molar-refractivity contribution in [3.63, 3.8) is 0 Å². The van der Waals surface area contributed by atoms with Gasteiger partial charge in [-0.05, 0) is 85.9 Å². The number of ether oxygens (including phenoxy) is 2. The third kappa shape index (κ3) is 5.53. The predicted molar refractivity (Wildman–Crippen MR) is 149 cm³/mol. The standard InChI is InChI=1S/C30H29F2N5O3/c1-19-8-9-21(28(38)35-25-6-5-7-26-27(25)40-30(31,32)39-26)17-23(19)20-10-11-24-22(16-20)18-34-29(36-24)33-12-15-37-13-3-2-4-14-37/h5-11,16-18H,2-4,12-15H2,1H3,(H,35,38)(H,33,34,36). The fraction of sp³-hybridized carbons (Fsp3) is 0.300. The van der Waals surface area contributed by atoms with Crippen molar-refractivity contribution in [2.75, 3.05) is 36.8 Å². The number of aromatic nitrogens is 2. The highest BCUT2D eigenvalue weighted by Gasteiger charge is 2.44. The van der Waals surface area contributed by atoms with Crippen LogP contribution in [0.1, 0.15) is 35.2 Å². The van der Waals surface area contributed by atoms with E-state index in [-0.39, 0.29) is 17.2 Å². The van der Waals surface area contributed by atoms with E-state index in [0.717, 1.165) is 53.8 Å². The number of nitrogens with one attached hydrogen (secondary N) is 2. The van der Waals surface area contributed by atoms with Crippen LogP contribution < -0.4 is 20.1 Å². The molecule has 0 radical (unpaired) electrons. The monoisotopic (exact) mass is 545 g/mol. The highest BCUT2D eigenvalue weighted by atomic mass is 19.3. The largest absolute Gasteiger partial charge is 0.586 e. The first-order valence-corrected chi connectivity index (χ1v) is 13.4. The molecule has 0 atom stereocenters. The number of fused-ring (bicyclic) bond motifs is 2. The Morgan fingerprint density at radius 1 is 1.05 bits per heavy atom. The number of carbonyl (C=O) groups excluding carboxylic acids is 1. The number of amides is 1. The number of alkyl halides is 2. The Bertz CT molecular complexity index is 1570. The lowest BCUT2D eigenvalue weighted by atomic mass is 9.97. The molecule has 0 unspecified atom stereocenters. The minimum Gasteiger partial charge on any atom is -0.395 e. The Morgan fingerprint density at radius 3 is 2.75 bits per heavy atom. The van der Waals surface area contributed by atoms with Crippen LogP contribution in [0.3, 0.4) is 0 Å². The van der Waals surface area contributed by atoms with E-state index in [4.69, 9.17) is 0 Å². The number of carbonyl (C=O) groups is 1. The second-order valence-corrected chi connectivity index (χ2v) is 10.1.